The van der Waals surface area contributed by atoms with Crippen LogP contribution in [0.3, 0.4) is 0 Å². The fraction of sp³-hybridized carbons (Fsp3) is 1.00. The van der Waals surface area contributed by atoms with Crippen LogP contribution in [-0.4, -0.2) is 35.5 Å². The van der Waals surface area contributed by atoms with E-state index in [-0.39, 0.29) is 24.7 Å². The molecule has 0 spiro atoms. The minimum Gasteiger partial charge on any atom is -0.396 e. The quantitative estimate of drug-likeness (QED) is 0.566. The van der Waals surface area contributed by atoms with Gasteiger partial charge in [-0.1, -0.05) is 6.92 Å². The molecule has 3 nitrogen and oxygen atoms in total. The summed E-state index contributed by atoms with van der Waals surface area (Å²) < 4.78 is 0. The van der Waals surface area contributed by atoms with Crippen molar-refractivity contribution in [3.63, 3.8) is 0 Å². The lowest BCUT2D eigenvalue weighted by atomic mass is 10.1. The maximum absolute atomic E-state index is 9.45. The van der Waals surface area contributed by atoms with Crippen LogP contribution in [0.5, 0.6) is 0 Å². The summed E-state index contributed by atoms with van der Waals surface area (Å²) in [5, 5.41) is 21.5. The van der Waals surface area contributed by atoms with Crippen molar-refractivity contribution in [1.82, 2.24) is 5.32 Å². The second kappa shape index (κ2) is 4.80. The second-order valence-corrected chi connectivity index (χ2v) is 3.80. The van der Waals surface area contributed by atoms with Gasteiger partial charge in [0.05, 0.1) is 6.10 Å². The summed E-state index contributed by atoms with van der Waals surface area (Å²) in [5.41, 5.74) is 0. The van der Waals surface area contributed by atoms with E-state index < -0.39 is 0 Å². The SMILES string of the molecule is CC(CO)CNC1CCCC1O. The van der Waals surface area contributed by atoms with Crippen molar-refractivity contribution in [2.24, 2.45) is 5.92 Å². The molecule has 0 aromatic carbocycles. The van der Waals surface area contributed by atoms with Crippen molar-refractivity contribution < 1.29 is 10.2 Å². The summed E-state index contributed by atoms with van der Waals surface area (Å²) in [6.07, 6.45) is 2.94. The van der Waals surface area contributed by atoms with Gasteiger partial charge in [-0.05, 0) is 25.2 Å². The summed E-state index contributed by atoms with van der Waals surface area (Å²) in [7, 11) is 0. The fourth-order valence-electron chi connectivity index (χ4n) is 1.60. The van der Waals surface area contributed by atoms with Gasteiger partial charge in [-0.3, -0.25) is 0 Å². The van der Waals surface area contributed by atoms with Gasteiger partial charge in [-0.2, -0.15) is 0 Å². The molecule has 0 saturated heterocycles. The number of hydrogen-bond acceptors (Lipinski definition) is 3. The van der Waals surface area contributed by atoms with Crippen LogP contribution in [0.2, 0.25) is 0 Å². The Hall–Kier alpha value is -0.120. The minimum absolute atomic E-state index is 0.170. The number of aliphatic hydroxyl groups is 2. The summed E-state index contributed by atoms with van der Waals surface area (Å²) in [6.45, 7) is 3.02. The maximum atomic E-state index is 9.45. The molecular formula is C9H19NO2. The zero-order valence-corrected chi connectivity index (χ0v) is 7.66. The third kappa shape index (κ3) is 2.73. The zero-order valence-electron chi connectivity index (χ0n) is 7.66. The van der Waals surface area contributed by atoms with Crippen LogP contribution < -0.4 is 5.32 Å². The lowest BCUT2D eigenvalue weighted by molar-refractivity contribution is 0.142. The van der Waals surface area contributed by atoms with Crippen LogP contribution in [0.15, 0.2) is 0 Å². The Morgan fingerprint density at radius 3 is 2.75 bits per heavy atom. The van der Waals surface area contributed by atoms with Crippen LogP contribution in [0.1, 0.15) is 26.2 Å². The van der Waals surface area contributed by atoms with Gasteiger partial charge in [-0.15, -0.1) is 0 Å². The molecule has 12 heavy (non-hydrogen) atoms. The molecule has 0 amide bonds. The Bertz CT molecular complexity index is 130. The van der Waals surface area contributed by atoms with E-state index in [9.17, 15) is 5.11 Å². The van der Waals surface area contributed by atoms with Crippen LogP contribution >= 0.6 is 0 Å². The van der Waals surface area contributed by atoms with Gasteiger partial charge >= 0.3 is 0 Å². The topological polar surface area (TPSA) is 52.5 Å². The van der Waals surface area contributed by atoms with E-state index >= 15 is 0 Å². The molecule has 1 saturated carbocycles. The van der Waals surface area contributed by atoms with Crippen LogP contribution in [-0.2, 0) is 0 Å². The molecule has 1 fully saturated rings. The molecule has 3 unspecified atom stereocenters. The van der Waals surface area contributed by atoms with Crippen molar-refractivity contribution in [2.45, 2.75) is 38.3 Å². The molecule has 1 aliphatic carbocycles. The first-order valence-corrected chi connectivity index (χ1v) is 4.76. The Balaban J connectivity index is 2.13. The van der Waals surface area contributed by atoms with Crippen molar-refractivity contribution in [3.8, 4) is 0 Å². The fourth-order valence-corrected chi connectivity index (χ4v) is 1.60. The molecule has 0 radical (unpaired) electrons. The largest absolute Gasteiger partial charge is 0.396 e. The Morgan fingerprint density at radius 2 is 2.25 bits per heavy atom. The van der Waals surface area contributed by atoms with E-state index in [1.54, 1.807) is 0 Å². The summed E-state index contributed by atoms with van der Waals surface area (Å²) in [6, 6.07) is 0.263. The predicted molar refractivity (Wildman–Crippen MR) is 47.9 cm³/mol. The van der Waals surface area contributed by atoms with Crippen molar-refractivity contribution >= 4 is 0 Å². The highest BCUT2D eigenvalue weighted by Gasteiger charge is 2.24. The van der Waals surface area contributed by atoms with E-state index in [1.807, 2.05) is 6.92 Å². The van der Waals surface area contributed by atoms with Crippen molar-refractivity contribution in [3.05, 3.63) is 0 Å². The van der Waals surface area contributed by atoms with E-state index in [4.69, 9.17) is 5.11 Å². The van der Waals surface area contributed by atoms with E-state index in [0.717, 1.165) is 25.8 Å². The lowest BCUT2D eigenvalue weighted by Crippen LogP contribution is -2.38. The smallest absolute Gasteiger partial charge is 0.0693 e. The van der Waals surface area contributed by atoms with Crippen LogP contribution in [0.25, 0.3) is 0 Å². The Labute approximate surface area is 73.8 Å². The number of nitrogens with one attached hydrogen (secondary N) is 1. The number of aliphatic hydroxyl groups excluding tert-OH is 2. The Morgan fingerprint density at radius 1 is 1.50 bits per heavy atom. The summed E-state index contributed by atoms with van der Waals surface area (Å²) in [5.74, 6) is 0.290. The van der Waals surface area contributed by atoms with Crippen molar-refractivity contribution in [1.29, 1.82) is 0 Å². The third-order valence-corrected chi connectivity index (χ3v) is 2.52. The maximum Gasteiger partial charge on any atom is 0.0693 e. The first-order chi connectivity index (χ1) is 5.74. The molecule has 0 aromatic rings. The van der Waals surface area contributed by atoms with E-state index in [2.05, 4.69) is 5.32 Å². The standard InChI is InChI=1S/C9H19NO2/c1-7(6-11)5-10-8-3-2-4-9(8)12/h7-12H,2-6H2,1H3. The first kappa shape index (κ1) is 9.96. The third-order valence-electron chi connectivity index (χ3n) is 2.52. The molecule has 1 rings (SSSR count). The average Bonchev–Trinajstić information content (AvgIpc) is 2.47. The lowest BCUT2D eigenvalue weighted by Gasteiger charge is -2.18. The van der Waals surface area contributed by atoms with Gasteiger partial charge in [0.1, 0.15) is 0 Å². The zero-order chi connectivity index (χ0) is 8.97. The molecule has 3 heteroatoms. The highest BCUT2D eigenvalue weighted by Crippen LogP contribution is 2.18. The highest BCUT2D eigenvalue weighted by molar-refractivity contribution is 4.82. The predicted octanol–water partition coefficient (Wildman–Crippen LogP) is 0.118. The van der Waals surface area contributed by atoms with Gasteiger partial charge in [0.15, 0.2) is 0 Å². The molecular weight excluding hydrogens is 154 g/mol. The van der Waals surface area contributed by atoms with Crippen LogP contribution in [0, 0.1) is 5.92 Å². The monoisotopic (exact) mass is 173 g/mol. The van der Waals surface area contributed by atoms with Gasteiger partial charge in [-0.25, -0.2) is 0 Å². The normalized spacial score (nSPS) is 32.2. The summed E-state index contributed by atoms with van der Waals surface area (Å²) >= 11 is 0. The molecule has 0 bridgehead atoms. The van der Waals surface area contributed by atoms with E-state index in [0.29, 0.717) is 0 Å². The molecule has 3 atom stereocenters. The highest BCUT2D eigenvalue weighted by atomic mass is 16.3. The Kier molecular flexibility index (Phi) is 3.98. The van der Waals surface area contributed by atoms with E-state index in [1.165, 1.54) is 0 Å². The number of rotatable bonds is 4. The molecule has 0 aromatic heterocycles. The van der Waals surface area contributed by atoms with Gasteiger partial charge in [0, 0.05) is 19.2 Å². The average molecular weight is 173 g/mol. The molecule has 0 aliphatic heterocycles. The van der Waals surface area contributed by atoms with Crippen molar-refractivity contribution in [2.75, 3.05) is 13.2 Å². The number of hydrogen-bond donors (Lipinski definition) is 3. The second-order valence-electron chi connectivity index (χ2n) is 3.80. The van der Waals surface area contributed by atoms with Crippen LogP contribution in [0.4, 0.5) is 0 Å². The molecule has 72 valence electrons. The molecule has 1 aliphatic rings. The van der Waals surface area contributed by atoms with Gasteiger partial charge in [0.2, 0.25) is 0 Å². The summed E-state index contributed by atoms with van der Waals surface area (Å²) in [4.78, 5) is 0. The minimum atomic E-state index is -0.170. The first-order valence-electron chi connectivity index (χ1n) is 4.76. The van der Waals surface area contributed by atoms with Gasteiger partial charge < -0.3 is 15.5 Å². The molecule has 3 N–H and O–H groups in total. The molecule has 0 heterocycles. The van der Waals surface area contributed by atoms with Gasteiger partial charge in [0.25, 0.3) is 0 Å².